The van der Waals surface area contributed by atoms with Gasteiger partial charge in [-0.25, -0.2) is 0 Å². The predicted molar refractivity (Wildman–Crippen MR) is 54.7 cm³/mol. The van der Waals surface area contributed by atoms with Gasteiger partial charge >= 0.3 is 0 Å². The van der Waals surface area contributed by atoms with Crippen LogP contribution in [0.3, 0.4) is 0 Å². The fraction of sp³-hybridized carbons (Fsp3) is 0.200. The number of H-pyrrole nitrogens is 1. The number of aromatic amines is 1. The summed E-state index contributed by atoms with van der Waals surface area (Å²) in [4.78, 5) is 3.16. The van der Waals surface area contributed by atoms with Crippen LogP contribution in [0.5, 0.6) is 0 Å². The second-order valence-corrected chi connectivity index (χ2v) is 2.51. The van der Waals surface area contributed by atoms with Gasteiger partial charge < -0.3 is 4.98 Å². The number of nitrogens with one attached hydrogen (secondary N) is 1. The predicted octanol–water partition coefficient (Wildman–Crippen LogP) is 2.68. The Morgan fingerprint density at radius 1 is 1.17 bits per heavy atom. The molecule has 0 bridgehead atoms. The molecule has 1 N–H and O–H groups in total. The van der Waals surface area contributed by atoms with Gasteiger partial charge in [-0.3, -0.25) is 0 Å². The number of rotatable bonds is 0. The third-order valence-electron chi connectivity index (χ3n) is 1.81. The molecule has 60 valence electrons. The first-order chi connectivity index (χ1) is 5.88. The van der Waals surface area contributed by atoms with Crippen molar-refractivity contribution in [1.29, 1.82) is 0 Å². The summed E-state index contributed by atoms with van der Waals surface area (Å²) in [7, 11) is 4.50. The maximum absolute atomic E-state index is 4.50. The average Bonchev–Trinajstić information content (AvgIpc) is 2.57. The van der Waals surface area contributed by atoms with Crippen LogP contribution in [-0.4, -0.2) is 12.8 Å². The van der Waals surface area contributed by atoms with E-state index in [-0.39, 0.29) is 0 Å². The largest absolute Gasteiger partial charge is 0.361 e. The summed E-state index contributed by atoms with van der Waals surface area (Å²) in [5.74, 6) is 0. The highest BCUT2D eigenvalue weighted by atomic mass is 14.7. The summed E-state index contributed by atoms with van der Waals surface area (Å²) in [5.41, 5.74) is 2.55. The highest BCUT2D eigenvalue weighted by molar-refractivity contribution is 6.05. The van der Waals surface area contributed by atoms with Crippen LogP contribution in [-0.2, 0) is 0 Å². The molecule has 0 atom stereocenters. The van der Waals surface area contributed by atoms with E-state index in [4.69, 9.17) is 0 Å². The molecular formula is C10H12BN. The Labute approximate surface area is 74.2 Å². The zero-order chi connectivity index (χ0) is 8.97. The summed E-state index contributed by atoms with van der Waals surface area (Å²) in [5, 5.41) is 1.32. The van der Waals surface area contributed by atoms with Crippen LogP contribution in [0.15, 0.2) is 30.5 Å². The lowest BCUT2D eigenvalue weighted by Crippen LogP contribution is -1.71. The number of benzene rings is 1. The van der Waals surface area contributed by atoms with Gasteiger partial charge in [-0.1, -0.05) is 19.0 Å². The van der Waals surface area contributed by atoms with Gasteiger partial charge in [-0.15, -0.1) is 0 Å². The molecule has 0 saturated heterocycles. The monoisotopic (exact) mass is 157 g/mol. The Hall–Kier alpha value is -1.18. The fourth-order valence-electron chi connectivity index (χ4n) is 1.24. The van der Waals surface area contributed by atoms with Gasteiger partial charge in [-0.2, -0.15) is 0 Å². The van der Waals surface area contributed by atoms with E-state index >= 15 is 0 Å². The van der Waals surface area contributed by atoms with Crippen LogP contribution < -0.4 is 0 Å². The van der Waals surface area contributed by atoms with Gasteiger partial charge in [-0.05, 0) is 24.6 Å². The normalized spacial score (nSPS) is 9.17. The molecule has 2 aromatic rings. The van der Waals surface area contributed by atoms with Gasteiger partial charge in [0.1, 0.15) is 0 Å². The van der Waals surface area contributed by atoms with E-state index in [9.17, 15) is 0 Å². The van der Waals surface area contributed by atoms with E-state index < -0.39 is 0 Å². The molecule has 0 fully saturated rings. The molecule has 1 aromatic heterocycles. The number of aryl methyl sites for hydroxylation is 1. The fourth-order valence-corrected chi connectivity index (χ4v) is 1.24. The number of fused-ring (bicyclic) bond motifs is 1. The minimum absolute atomic E-state index is 1.22. The Bertz CT molecular complexity index is 351. The minimum Gasteiger partial charge on any atom is -0.361 e. The van der Waals surface area contributed by atoms with Crippen molar-refractivity contribution in [2.24, 2.45) is 0 Å². The first-order valence-corrected chi connectivity index (χ1v) is 3.98. The highest BCUT2D eigenvalue weighted by Gasteiger charge is 1.93. The maximum Gasteiger partial charge on any atom is 0.0606 e. The van der Waals surface area contributed by atoms with Crippen molar-refractivity contribution in [3.05, 3.63) is 36.0 Å². The topological polar surface area (TPSA) is 15.8 Å². The molecular weight excluding hydrogens is 145 g/mol. The molecule has 2 heteroatoms. The van der Waals surface area contributed by atoms with Crippen LogP contribution >= 0.6 is 0 Å². The van der Waals surface area contributed by atoms with Crippen LogP contribution in [0.4, 0.5) is 0 Å². The number of hydrogen-bond donors (Lipinski definition) is 1. The molecule has 12 heavy (non-hydrogen) atoms. The zero-order valence-electron chi connectivity index (χ0n) is 7.46. The Kier molecular flexibility index (Phi) is 2.97. The summed E-state index contributed by atoms with van der Waals surface area (Å²) in [6, 6.07) is 8.37. The summed E-state index contributed by atoms with van der Waals surface area (Å²) in [6.07, 6.45) is 1.97. The third-order valence-corrected chi connectivity index (χ3v) is 1.81. The smallest absolute Gasteiger partial charge is 0.0606 e. The van der Waals surface area contributed by atoms with Crippen LogP contribution in [0, 0.1) is 6.92 Å². The van der Waals surface area contributed by atoms with Gasteiger partial charge in [0.05, 0.1) is 7.85 Å². The van der Waals surface area contributed by atoms with E-state index in [2.05, 4.69) is 44.0 Å². The number of aromatic nitrogens is 1. The van der Waals surface area contributed by atoms with E-state index in [1.165, 1.54) is 23.3 Å². The molecule has 0 unspecified atom stereocenters. The Morgan fingerprint density at radius 3 is 2.58 bits per heavy atom. The third kappa shape index (κ3) is 1.52. The van der Waals surface area contributed by atoms with E-state index in [1.54, 1.807) is 0 Å². The lowest BCUT2D eigenvalue weighted by molar-refractivity contribution is 1.47. The van der Waals surface area contributed by atoms with Crippen molar-refractivity contribution in [1.82, 2.24) is 4.98 Å². The first-order valence-electron chi connectivity index (χ1n) is 3.98. The van der Waals surface area contributed by atoms with Gasteiger partial charge in [0.25, 0.3) is 0 Å². The van der Waals surface area contributed by atoms with Crippen molar-refractivity contribution >= 4 is 18.7 Å². The second kappa shape index (κ2) is 4.00. The maximum atomic E-state index is 4.50. The van der Waals surface area contributed by atoms with Gasteiger partial charge in [0.15, 0.2) is 0 Å². The SMILES string of the molecule is Cc1cccc2[nH]ccc12.[B]C. The molecule has 1 heterocycles. The lowest BCUT2D eigenvalue weighted by atomic mass is 10.1. The molecule has 0 saturated carbocycles. The molecule has 0 aliphatic carbocycles. The molecule has 0 aliphatic heterocycles. The van der Waals surface area contributed by atoms with Crippen molar-refractivity contribution in [2.45, 2.75) is 13.7 Å². The average molecular weight is 157 g/mol. The summed E-state index contributed by atoms with van der Waals surface area (Å²) < 4.78 is 0. The molecule has 2 rings (SSSR count). The van der Waals surface area contributed by atoms with E-state index in [1.807, 2.05) is 6.20 Å². The van der Waals surface area contributed by atoms with Crippen molar-refractivity contribution in [3.8, 4) is 0 Å². The highest BCUT2D eigenvalue weighted by Crippen LogP contribution is 2.15. The second-order valence-electron chi connectivity index (χ2n) is 2.51. The van der Waals surface area contributed by atoms with E-state index in [0.29, 0.717) is 0 Å². The van der Waals surface area contributed by atoms with Gasteiger partial charge in [0.2, 0.25) is 0 Å². The molecule has 1 nitrogen and oxygen atoms in total. The van der Waals surface area contributed by atoms with Crippen molar-refractivity contribution in [3.63, 3.8) is 0 Å². The number of hydrogen-bond acceptors (Lipinski definition) is 0. The quantitative estimate of drug-likeness (QED) is 0.565. The summed E-state index contributed by atoms with van der Waals surface area (Å²) in [6.45, 7) is 3.62. The molecule has 0 aliphatic rings. The van der Waals surface area contributed by atoms with Crippen LogP contribution in [0.1, 0.15) is 5.56 Å². The standard InChI is InChI=1S/C9H9N.CH3B/c1-7-3-2-4-9-8(7)5-6-10-9;1-2/h2-6,10H,1H3;1H3. The van der Waals surface area contributed by atoms with Crippen molar-refractivity contribution < 1.29 is 0 Å². The van der Waals surface area contributed by atoms with Crippen molar-refractivity contribution in [2.75, 3.05) is 0 Å². The Morgan fingerprint density at radius 2 is 1.92 bits per heavy atom. The van der Waals surface area contributed by atoms with E-state index in [0.717, 1.165) is 0 Å². The van der Waals surface area contributed by atoms with Gasteiger partial charge in [0, 0.05) is 17.1 Å². The molecule has 1 aromatic carbocycles. The Balaban J connectivity index is 0.000000336. The first kappa shape index (κ1) is 8.92. The molecule has 2 radical (unpaired) electrons. The molecule has 0 amide bonds. The molecule has 0 spiro atoms. The van der Waals surface area contributed by atoms with Crippen LogP contribution in [0.2, 0.25) is 6.82 Å². The summed E-state index contributed by atoms with van der Waals surface area (Å²) >= 11 is 0. The van der Waals surface area contributed by atoms with Crippen LogP contribution in [0.25, 0.3) is 10.9 Å². The zero-order valence-corrected chi connectivity index (χ0v) is 7.46. The lowest BCUT2D eigenvalue weighted by Gasteiger charge is -1.92. The minimum atomic E-state index is 1.22.